The molecule has 0 aliphatic heterocycles. The molecule has 0 saturated heterocycles. The van der Waals surface area contributed by atoms with E-state index in [2.05, 4.69) is 19.2 Å². The van der Waals surface area contributed by atoms with Crippen LogP contribution in [0.15, 0.2) is 18.2 Å². The second-order valence-corrected chi connectivity index (χ2v) is 6.14. The molecule has 1 fully saturated rings. The van der Waals surface area contributed by atoms with Crippen LogP contribution in [0.5, 0.6) is 0 Å². The third-order valence-corrected chi connectivity index (χ3v) is 4.26. The summed E-state index contributed by atoms with van der Waals surface area (Å²) < 4.78 is 0. The molecule has 1 aromatic rings. The van der Waals surface area contributed by atoms with E-state index in [0.29, 0.717) is 16.3 Å². The quantitative estimate of drug-likeness (QED) is 0.888. The minimum absolute atomic E-state index is 0.000472. The summed E-state index contributed by atoms with van der Waals surface area (Å²) in [6.07, 6.45) is 3.06. The average molecular weight is 277 g/mol. The summed E-state index contributed by atoms with van der Waals surface area (Å²) in [4.78, 5) is 12.3. The normalized spacial score (nSPS) is 20.8. The summed E-state index contributed by atoms with van der Waals surface area (Å²) in [6, 6.07) is 6.93. The van der Waals surface area contributed by atoms with Crippen LogP contribution in [0.25, 0.3) is 0 Å². The smallest absolute Gasteiger partial charge is 0.228 e. The van der Waals surface area contributed by atoms with Gasteiger partial charge in [-0.05, 0) is 36.5 Å². The van der Waals surface area contributed by atoms with Crippen LogP contribution in [0.1, 0.15) is 38.7 Å². The van der Waals surface area contributed by atoms with Crippen molar-refractivity contribution in [1.82, 2.24) is 0 Å². The van der Waals surface area contributed by atoms with Gasteiger partial charge in [-0.25, -0.2) is 0 Å². The summed E-state index contributed by atoms with van der Waals surface area (Å²) >= 11 is 6.05. The monoisotopic (exact) mass is 276 g/mol. The summed E-state index contributed by atoms with van der Waals surface area (Å²) in [6.45, 7) is 4.25. The van der Waals surface area contributed by atoms with Gasteiger partial charge in [0.05, 0.1) is 22.3 Å². The van der Waals surface area contributed by atoms with Crippen molar-refractivity contribution >= 4 is 23.2 Å². The molecule has 1 N–H and O–H groups in total. The van der Waals surface area contributed by atoms with E-state index in [9.17, 15) is 4.79 Å². The van der Waals surface area contributed by atoms with Crippen LogP contribution in [0, 0.1) is 22.7 Å². The molecule has 1 aromatic carbocycles. The molecule has 1 amide bonds. The maximum Gasteiger partial charge on any atom is 0.228 e. The van der Waals surface area contributed by atoms with E-state index in [1.807, 2.05) is 6.07 Å². The molecule has 1 aliphatic carbocycles. The molecule has 1 unspecified atom stereocenters. The van der Waals surface area contributed by atoms with E-state index in [1.54, 1.807) is 18.2 Å². The number of nitrogens with zero attached hydrogens (tertiary/aromatic N) is 1. The fraction of sp³-hybridized carbons (Fsp3) is 0.467. The number of nitriles is 1. The minimum atomic E-state index is -0.000472. The number of anilines is 1. The maximum absolute atomic E-state index is 12.3. The predicted octanol–water partition coefficient (Wildman–Crippen LogP) is 3.98. The molecule has 3 nitrogen and oxygen atoms in total. The highest BCUT2D eigenvalue weighted by atomic mass is 35.5. The molecular weight excluding hydrogens is 260 g/mol. The Labute approximate surface area is 118 Å². The van der Waals surface area contributed by atoms with E-state index in [0.717, 1.165) is 19.3 Å². The van der Waals surface area contributed by atoms with Crippen molar-refractivity contribution in [2.24, 2.45) is 11.3 Å². The molecule has 0 aromatic heterocycles. The van der Waals surface area contributed by atoms with Crippen LogP contribution < -0.4 is 5.32 Å². The van der Waals surface area contributed by atoms with Gasteiger partial charge in [0.1, 0.15) is 0 Å². The first-order valence-corrected chi connectivity index (χ1v) is 6.82. The molecule has 100 valence electrons. The van der Waals surface area contributed by atoms with Crippen LogP contribution in [-0.4, -0.2) is 5.91 Å². The summed E-state index contributed by atoms with van der Waals surface area (Å²) in [5.41, 5.74) is 1.04. The van der Waals surface area contributed by atoms with Crippen molar-refractivity contribution in [3.05, 3.63) is 28.8 Å². The summed E-state index contributed by atoms with van der Waals surface area (Å²) in [5.74, 6) is 0.00815. The zero-order valence-corrected chi connectivity index (χ0v) is 11.9. The lowest BCUT2D eigenvalue weighted by atomic mass is 9.81. The van der Waals surface area contributed by atoms with Crippen LogP contribution >= 0.6 is 11.6 Å². The molecule has 1 atom stereocenters. The number of rotatable bonds is 2. The molecule has 0 bridgehead atoms. The van der Waals surface area contributed by atoms with E-state index >= 15 is 0 Å². The highest BCUT2D eigenvalue weighted by molar-refractivity contribution is 6.33. The number of hydrogen-bond acceptors (Lipinski definition) is 2. The Balaban J connectivity index is 2.18. The van der Waals surface area contributed by atoms with Crippen molar-refractivity contribution in [3.63, 3.8) is 0 Å². The van der Waals surface area contributed by atoms with Crippen molar-refractivity contribution in [2.45, 2.75) is 33.1 Å². The SMILES string of the molecule is CC1(C)CCCC1C(=O)Nc1cc(C#N)ccc1Cl. The number of hydrogen-bond donors (Lipinski definition) is 1. The van der Waals surface area contributed by atoms with Gasteiger partial charge in [0.25, 0.3) is 0 Å². The fourth-order valence-electron chi connectivity index (χ4n) is 2.72. The minimum Gasteiger partial charge on any atom is -0.324 e. The third kappa shape index (κ3) is 2.90. The van der Waals surface area contributed by atoms with E-state index in [1.165, 1.54) is 0 Å². The van der Waals surface area contributed by atoms with Crippen molar-refractivity contribution in [3.8, 4) is 6.07 Å². The number of carbonyl (C=O) groups excluding carboxylic acids is 1. The van der Waals surface area contributed by atoms with Crippen molar-refractivity contribution in [2.75, 3.05) is 5.32 Å². The Morgan fingerprint density at radius 2 is 2.26 bits per heavy atom. The molecule has 19 heavy (non-hydrogen) atoms. The van der Waals surface area contributed by atoms with Gasteiger partial charge >= 0.3 is 0 Å². The van der Waals surface area contributed by atoms with Gasteiger partial charge in [-0.1, -0.05) is 31.9 Å². The average Bonchev–Trinajstić information content (AvgIpc) is 2.71. The first kappa shape index (κ1) is 13.9. The van der Waals surface area contributed by atoms with Gasteiger partial charge in [0.15, 0.2) is 0 Å². The van der Waals surface area contributed by atoms with E-state index in [4.69, 9.17) is 16.9 Å². The van der Waals surface area contributed by atoms with Gasteiger partial charge in [0, 0.05) is 5.92 Å². The van der Waals surface area contributed by atoms with Crippen LogP contribution in [-0.2, 0) is 4.79 Å². The number of carbonyl (C=O) groups is 1. The fourth-order valence-corrected chi connectivity index (χ4v) is 2.89. The van der Waals surface area contributed by atoms with Gasteiger partial charge in [-0.2, -0.15) is 5.26 Å². The standard InChI is InChI=1S/C15H17ClN2O/c1-15(2)7-3-4-11(15)14(19)18-13-8-10(9-17)5-6-12(13)16/h5-6,8,11H,3-4,7H2,1-2H3,(H,18,19). The first-order chi connectivity index (χ1) is 8.94. The van der Waals surface area contributed by atoms with Crippen molar-refractivity contribution < 1.29 is 4.79 Å². The number of halogens is 1. The van der Waals surface area contributed by atoms with Gasteiger partial charge in [0.2, 0.25) is 5.91 Å². The number of benzene rings is 1. The lowest BCUT2D eigenvalue weighted by molar-refractivity contribution is -0.122. The molecule has 4 heteroatoms. The molecule has 2 rings (SSSR count). The van der Waals surface area contributed by atoms with Crippen LogP contribution in [0.3, 0.4) is 0 Å². The molecule has 1 saturated carbocycles. The van der Waals surface area contributed by atoms with Gasteiger partial charge < -0.3 is 5.32 Å². The Bertz CT molecular complexity index is 546. The second-order valence-electron chi connectivity index (χ2n) is 5.73. The zero-order chi connectivity index (χ0) is 14.0. The zero-order valence-electron chi connectivity index (χ0n) is 11.2. The molecule has 0 radical (unpaired) electrons. The largest absolute Gasteiger partial charge is 0.324 e. The van der Waals surface area contributed by atoms with E-state index < -0.39 is 0 Å². The number of amides is 1. The Morgan fingerprint density at radius 3 is 2.84 bits per heavy atom. The molecule has 1 aliphatic rings. The van der Waals surface area contributed by atoms with Gasteiger partial charge in [-0.3, -0.25) is 4.79 Å². The highest BCUT2D eigenvalue weighted by Crippen LogP contribution is 2.43. The maximum atomic E-state index is 12.3. The molecule has 0 spiro atoms. The highest BCUT2D eigenvalue weighted by Gasteiger charge is 2.39. The van der Waals surface area contributed by atoms with Crippen molar-refractivity contribution in [1.29, 1.82) is 5.26 Å². The van der Waals surface area contributed by atoms with E-state index in [-0.39, 0.29) is 17.2 Å². The van der Waals surface area contributed by atoms with Crippen LogP contribution in [0.2, 0.25) is 5.02 Å². The molecular formula is C15H17ClN2O. The predicted molar refractivity (Wildman–Crippen MR) is 75.9 cm³/mol. The Hall–Kier alpha value is -1.53. The third-order valence-electron chi connectivity index (χ3n) is 3.93. The Morgan fingerprint density at radius 1 is 1.53 bits per heavy atom. The Kier molecular flexibility index (Phi) is 3.82. The second kappa shape index (κ2) is 5.22. The molecule has 0 heterocycles. The summed E-state index contributed by atoms with van der Waals surface area (Å²) in [5, 5.41) is 12.2. The lowest BCUT2D eigenvalue weighted by Crippen LogP contribution is -2.30. The lowest BCUT2D eigenvalue weighted by Gasteiger charge is -2.26. The van der Waals surface area contributed by atoms with Crippen LogP contribution in [0.4, 0.5) is 5.69 Å². The first-order valence-electron chi connectivity index (χ1n) is 6.44. The summed E-state index contributed by atoms with van der Waals surface area (Å²) in [7, 11) is 0. The van der Waals surface area contributed by atoms with Gasteiger partial charge in [-0.15, -0.1) is 0 Å². The number of nitrogens with one attached hydrogen (secondary N) is 1. The topological polar surface area (TPSA) is 52.9 Å².